The molecule has 1 aromatic rings. The van der Waals surface area contributed by atoms with E-state index in [0.29, 0.717) is 18.0 Å². The molecule has 0 aliphatic carbocycles. The Hall–Kier alpha value is -1.29. The van der Waals surface area contributed by atoms with Crippen molar-refractivity contribution in [1.29, 1.82) is 0 Å². The maximum atomic E-state index is 11.5. The Morgan fingerprint density at radius 2 is 2.19 bits per heavy atom. The summed E-state index contributed by atoms with van der Waals surface area (Å²) in [5.74, 6) is -0.866. The van der Waals surface area contributed by atoms with Crippen LogP contribution in [-0.2, 0) is 11.3 Å². The van der Waals surface area contributed by atoms with Gasteiger partial charge in [0.1, 0.15) is 0 Å². The zero-order chi connectivity index (χ0) is 12.3. The van der Waals surface area contributed by atoms with E-state index in [1.807, 2.05) is 0 Å². The summed E-state index contributed by atoms with van der Waals surface area (Å²) in [5, 5.41) is 9.31. The van der Waals surface area contributed by atoms with Crippen LogP contribution in [0.3, 0.4) is 0 Å². The van der Waals surface area contributed by atoms with Crippen LogP contribution in [0.5, 0.6) is 0 Å². The third-order valence-electron chi connectivity index (χ3n) is 2.51. The van der Waals surface area contributed by atoms with Gasteiger partial charge in [-0.1, -0.05) is 11.6 Å². The Balaban J connectivity index is 2.76. The number of aromatic nitrogens is 1. The van der Waals surface area contributed by atoms with Crippen molar-refractivity contribution in [3.05, 3.63) is 33.7 Å². The van der Waals surface area contributed by atoms with Crippen molar-refractivity contribution in [3.63, 3.8) is 0 Å². The summed E-state index contributed by atoms with van der Waals surface area (Å²) in [6.07, 6.45) is 1.96. The molecule has 0 fully saturated rings. The minimum Gasteiger partial charge on any atom is -0.481 e. The fourth-order valence-corrected chi connectivity index (χ4v) is 1.32. The number of nitrogens with zero attached hydrogens (tertiary/aromatic N) is 1. The summed E-state index contributed by atoms with van der Waals surface area (Å²) >= 11 is 5.65. The fraction of sp³-hybridized carbons (Fsp3) is 0.455. The first-order valence-corrected chi connectivity index (χ1v) is 5.30. The summed E-state index contributed by atoms with van der Waals surface area (Å²) < 4.78 is 1.45. The third kappa shape index (κ3) is 3.10. The highest BCUT2D eigenvalue weighted by Gasteiger charge is 2.26. The van der Waals surface area contributed by atoms with Crippen LogP contribution < -0.4 is 5.56 Å². The lowest BCUT2D eigenvalue weighted by Crippen LogP contribution is -2.28. The molecular formula is C11H14ClNO3. The number of hydrogen-bond donors (Lipinski definition) is 1. The number of pyridine rings is 1. The first-order valence-electron chi connectivity index (χ1n) is 4.92. The molecule has 1 heterocycles. The van der Waals surface area contributed by atoms with Gasteiger partial charge in [-0.2, -0.15) is 0 Å². The normalized spacial score (nSPS) is 11.4. The molecule has 0 aliphatic rings. The minimum absolute atomic E-state index is 0.214. The van der Waals surface area contributed by atoms with Crippen LogP contribution in [0.4, 0.5) is 0 Å². The molecule has 0 aliphatic heterocycles. The highest BCUT2D eigenvalue weighted by molar-refractivity contribution is 6.30. The number of aryl methyl sites for hydroxylation is 1. The van der Waals surface area contributed by atoms with E-state index in [0.717, 1.165) is 0 Å². The summed E-state index contributed by atoms with van der Waals surface area (Å²) in [4.78, 5) is 22.3. The van der Waals surface area contributed by atoms with E-state index in [2.05, 4.69) is 0 Å². The summed E-state index contributed by atoms with van der Waals surface area (Å²) in [6.45, 7) is 3.64. The number of halogens is 1. The standard InChI is InChI=1S/C11H14ClNO3/c1-11(2,10(15)16)4-6-13-5-3-8(12)7-9(13)14/h3,5,7H,4,6H2,1-2H3,(H,15,16). The third-order valence-corrected chi connectivity index (χ3v) is 2.75. The zero-order valence-electron chi connectivity index (χ0n) is 9.24. The molecule has 16 heavy (non-hydrogen) atoms. The molecule has 0 spiro atoms. The van der Waals surface area contributed by atoms with Crippen molar-refractivity contribution < 1.29 is 9.90 Å². The predicted molar refractivity (Wildman–Crippen MR) is 61.7 cm³/mol. The second kappa shape index (κ2) is 4.70. The second-order valence-corrected chi connectivity index (χ2v) is 4.75. The molecule has 0 bridgehead atoms. The van der Waals surface area contributed by atoms with Gasteiger partial charge in [-0.3, -0.25) is 9.59 Å². The molecule has 88 valence electrons. The summed E-state index contributed by atoms with van der Waals surface area (Å²) in [6, 6.07) is 2.92. The van der Waals surface area contributed by atoms with Gasteiger partial charge in [0.2, 0.25) is 0 Å². The van der Waals surface area contributed by atoms with Gasteiger partial charge < -0.3 is 9.67 Å². The van der Waals surface area contributed by atoms with Gasteiger partial charge in [-0.15, -0.1) is 0 Å². The van der Waals surface area contributed by atoms with Gasteiger partial charge in [0.25, 0.3) is 5.56 Å². The van der Waals surface area contributed by atoms with E-state index in [4.69, 9.17) is 16.7 Å². The summed E-state index contributed by atoms with van der Waals surface area (Å²) in [7, 11) is 0. The average molecular weight is 244 g/mol. The molecule has 0 aromatic carbocycles. The Labute approximate surface area is 98.5 Å². The molecular weight excluding hydrogens is 230 g/mol. The smallest absolute Gasteiger partial charge is 0.309 e. The average Bonchev–Trinajstić information content (AvgIpc) is 2.16. The highest BCUT2D eigenvalue weighted by atomic mass is 35.5. The number of rotatable bonds is 4. The van der Waals surface area contributed by atoms with Gasteiger partial charge in [-0.25, -0.2) is 0 Å². The molecule has 0 amide bonds. The van der Waals surface area contributed by atoms with Crippen LogP contribution in [0, 0.1) is 5.41 Å². The lowest BCUT2D eigenvalue weighted by Gasteiger charge is -2.19. The Morgan fingerprint density at radius 3 is 2.69 bits per heavy atom. The Morgan fingerprint density at radius 1 is 1.56 bits per heavy atom. The molecule has 1 N–H and O–H groups in total. The van der Waals surface area contributed by atoms with E-state index in [1.54, 1.807) is 26.1 Å². The molecule has 1 rings (SSSR count). The number of carboxylic acids is 1. The fourth-order valence-electron chi connectivity index (χ4n) is 1.18. The maximum Gasteiger partial charge on any atom is 0.309 e. The maximum absolute atomic E-state index is 11.5. The van der Waals surface area contributed by atoms with E-state index < -0.39 is 11.4 Å². The van der Waals surface area contributed by atoms with Gasteiger partial charge in [0, 0.05) is 23.8 Å². The monoisotopic (exact) mass is 243 g/mol. The zero-order valence-corrected chi connectivity index (χ0v) is 9.99. The lowest BCUT2D eigenvalue weighted by atomic mass is 9.89. The van der Waals surface area contributed by atoms with Crippen molar-refractivity contribution >= 4 is 17.6 Å². The Bertz CT molecular complexity index is 451. The van der Waals surface area contributed by atoms with Crippen LogP contribution in [-0.4, -0.2) is 15.6 Å². The first-order chi connectivity index (χ1) is 7.33. The van der Waals surface area contributed by atoms with Crippen LogP contribution in [0.25, 0.3) is 0 Å². The molecule has 1 aromatic heterocycles. The van der Waals surface area contributed by atoms with Crippen LogP contribution in [0.2, 0.25) is 5.02 Å². The first kappa shape index (κ1) is 12.8. The number of carboxylic acid groups (broad SMARTS) is 1. The molecule has 0 unspecified atom stereocenters. The Kier molecular flexibility index (Phi) is 3.75. The van der Waals surface area contributed by atoms with Gasteiger partial charge in [0.15, 0.2) is 0 Å². The molecule has 0 radical (unpaired) electrons. The van der Waals surface area contributed by atoms with Gasteiger partial charge >= 0.3 is 5.97 Å². The van der Waals surface area contributed by atoms with Crippen molar-refractivity contribution in [1.82, 2.24) is 4.57 Å². The highest BCUT2D eigenvalue weighted by Crippen LogP contribution is 2.20. The van der Waals surface area contributed by atoms with Crippen LogP contribution in [0.1, 0.15) is 20.3 Å². The molecule has 0 saturated carbocycles. The largest absolute Gasteiger partial charge is 0.481 e. The van der Waals surface area contributed by atoms with Crippen molar-refractivity contribution in [2.24, 2.45) is 5.41 Å². The lowest BCUT2D eigenvalue weighted by molar-refractivity contribution is -0.147. The molecule has 0 saturated heterocycles. The van der Waals surface area contributed by atoms with E-state index in [1.165, 1.54) is 10.6 Å². The van der Waals surface area contributed by atoms with Gasteiger partial charge in [-0.05, 0) is 26.3 Å². The van der Waals surface area contributed by atoms with E-state index in [9.17, 15) is 9.59 Å². The molecule has 4 nitrogen and oxygen atoms in total. The van der Waals surface area contributed by atoms with Crippen molar-refractivity contribution in [2.75, 3.05) is 0 Å². The number of carbonyl (C=O) groups is 1. The molecule has 0 atom stereocenters. The quantitative estimate of drug-likeness (QED) is 0.880. The SMILES string of the molecule is CC(C)(CCn1ccc(Cl)cc1=O)C(=O)O. The van der Waals surface area contributed by atoms with Gasteiger partial charge in [0.05, 0.1) is 5.41 Å². The van der Waals surface area contributed by atoms with E-state index >= 15 is 0 Å². The van der Waals surface area contributed by atoms with Crippen LogP contribution in [0.15, 0.2) is 23.1 Å². The van der Waals surface area contributed by atoms with Crippen molar-refractivity contribution in [2.45, 2.75) is 26.8 Å². The minimum atomic E-state index is -0.866. The van der Waals surface area contributed by atoms with Crippen molar-refractivity contribution in [3.8, 4) is 0 Å². The topological polar surface area (TPSA) is 59.3 Å². The van der Waals surface area contributed by atoms with Crippen LogP contribution >= 0.6 is 11.6 Å². The second-order valence-electron chi connectivity index (χ2n) is 4.32. The molecule has 5 heteroatoms. The number of aliphatic carboxylic acids is 1. The number of hydrogen-bond acceptors (Lipinski definition) is 2. The summed E-state index contributed by atoms with van der Waals surface area (Å²) in [5.41, 5.74) is -1.05. The van der Waals surface area contributed by atoms with E-state index in [-0.39, 0.29) is 5.56 Å². The predicted octanol–water partition coefficient (Wildman–Crippen LogP) is 2.00.